The fourth-order valence-electron chi connectivity index (χ4n) is 3.69. The Labute approximate surface area is 179 Å². The normalized spacial score (nSPS) is 19.3. The second kappa shape index (κ2) is 8.83. The molecule has 0 bridgehead atoms. The number of aryl methyl sites for hydroxylation is 1. The van der Waals surface area contributed by atoms with Crippen molar-refractivity contribution in [3.05, 3.63) is 70.8 Å². The number of benzene rings is 2. The highest BCUT2D eigenvalue weighted by atomic mass is 19.1. The minimum atomic E-state index is -1.28. The van der Waals surface area contributed by atoms with Crippen molar-refractivity contribution in [3.63, 3.8) is 0 Å². The van der Waals surface area contributed by atoms with Gasteiger partial charge in [0.15, 0.2) is 0 Å². The molecule has 1 aliphatic rings. The first-order chi connectivity index (χ1) is 14.7. The summed E-state index contributed by atoms with van der Waals surface area (Å²) in [6.07, 6.45) is 1.91. The first-order valence-electron chi connectivity index (χ1n) is 10.1. The Balaban J connectivity index is 1.69. The molecule has 31 heavy (non-hydrogen) atoms. The van der Waals surface area contributed by atoms with Crippen molar-refractivity contribution >= 4 is 17.8 Å². The second-order valence-electron chi connectivity index (χ2n) is 7.85. The van der Waals surface area contributed by atoms with Gasteiger partial charge in [0.1, 0.15) is 23.7 Å². The average molecular weight is 429 g/mol. The van der Waals surface area contributed by atoms with E-state index in [0.29, 0.717) is 5.56 Å². The molecule has 4 amide bonds. The van der Waals surface area contributed by atoms with Gasteiger partial charge in [-0.25, -0.2) is 13.6 Å². The molecule has 3 rings (SSSR count). The number of halogens is 2. The van der Waals surface area contributed by atoms with E-state index >= 15 is 0 Å². The molecule has 1 aliphatic heterocycles. The van der Waals surface area contributed by atoms with Crippen LogP contribution in [0.1, 0.15) is 49.9 Å². The van der Waals surface area contributed by atoms with Crippen LogP contribution in [0.3, 0.4) is 0 Å². The lowest BCUT2D eigenvalue weighted by molar-refractivity contribution is -0.135. The van der Waals surface area contributed by atoms with E-state index < -0.39 is 47.6 Å². The largest absolute Gasteiger partial charge is 0.348 e. The first-order valence-corrected chi connectivity index (χ1v) is 10.1. The lowest BCUT2D eigenvalue weighted by Crippen LogP contribution is -2.43. The van der Waals surface area contributed by atoms with E-state index in [0.717, 1.165) is 35.4 Å². The molecule has 8 heteroatoms. The van der Waals surface area contributed by atoms with Crippen LogP contribution in [-0.4, -0.2) is 29.3 Å². The molecule has 1 heterocycles. The molecule has 2 atom stereocenters. The van der Waals surface area contributed by atoms with Crippen LogP contribution >= 0.6 is 0 Å². The van der Waals surface area contributed by atoms with E-state index in [1.54, 1.807) is 19.1 Å². The number of amides is 4. The van der Waals surface area contributed by atoms with Gasteiger partial charge >= 0.3 is 6.03 Å². The average Bonchev–Trinajstić information content (AvgIpc) is 2.92. The van der Waals surface area contributed by atoms with Gasteiger partial charge in [0.05, 0.1) is 6.04 Å². The number of nitrogens with one attached hydrogen (secondary N) is 2. The van der Waals surface area contributed by atoms with E-state index in [2.05, 4.69) is 17.6 Å². The highest BCUT2D eigenvalue weighted by Gasteiger charge is 2.49. The lowest BCUT2D eigenvalue weighted by Gasteiger charge is -2.23. The summed E-state index contributed by atoms with van der Waals surface area (Å²) in [6, 6.07) is 9.03. The molecular weight excluding hydrogens is 404 g/mol. The van der Waals surface area contributed by atoms with Crippen molar-refractivity contribution in [2.45, 2.75) is 45.2 Å². The van der Waals surface area contributed by atoms with E-state index in [1.807, 2.05) is 12.1 Å². The van der Waals surface area contributed by atoms with Crippen LogP contribution in [0.2, 0.25) is 0 Å². The Morgan fingerprint density at radius 2 is 1.84 bits per heavy atom. The predicted octanol–water partition coefficient (Wildman–Crippen LogP) is 3.56. The summed E-state index contributed by atoms with van der Waals surface area (Å²) in [4.78, 5) is 38.7. The van der Waals surface area contributed by atoms with Crippen LogP contribution in [0, 0.1) is 11.6 Å². The van der Waals surface area contributed by atoms with E-state index in [-0.39, 0.29) is 5.56 Å². The Morgan fingerprint density at radius 1 is 1.16 bits per heavy atom. The monoisotopic (exact) mass is 429 g/mol. The summed E-state index contributed by atoms with van der Waals surface area (Å²) in [5, 5.41) is 5.20. The second-order valence-corrected chi connectivity index (χ2v) is 7.85. The summed E-state index contributed by atoms with van der Waals surface area (Å²) in [5.74, 6) is -2.69. The fourth-order valence-corrected chi connectivity index (χ4v) is 3.69. The molecule has 0 saturated carbocycles. The molecule has 0 aromatic heterocycles. The zero-order valence-corrected chi connectivity index (χ0v) is 17.7. The summed E-state index contributed by atoms with van der Waals surface area (Å²) < 4.78 is 27.0. The number of nitrogens with zero attached hydrogens (tertiary/aromatic N) is 1. The molecule has 2 N–H and O–H groups in total. The van der Waals surface area contributed by atoms with Crippen molar-refractivity contribution < 1.29 is 23.2 Å². The van der Waals surface area contributed by atoms with Crippen LogP contribution in [0.25, 0.3) is 0 Å². The van der Waals surface area contributed by atoms with Crippen LogP contribution in [0.5, 0.6) is 0 Å². The van der Waals surface area contributed by atoms with Crippen molar-refractivity contribution in [1.29, 1.82) is 0 Å². The molecule has 6 nitrogen and oxygen atoms in total. The third kappa shape index (κ3) is 4.57. The maximum atomic E-state index is 13.9. The number of carbonyl (C=O) groups excluding carboxylic acids is 3. The maximum absolute atomic E-state index is 13.9. The van der Waals surface area contributed by atoms with Gasteiger partial charge in [0, 0.05) is 11.6 Å². The molecule has 1 fully saturated rings. The number of hydrogen-bond acceptors (Lipinski definition) is 3. The van der Waals surface area contributed by atoms with Gasteiger partial charge in [0.2, 0.25) is 5.91 Å². The molecule has 164 valence electrons. The molecule has 1 saturated heterocycles. The fraction of sp³-hybridized carbons (Fsp3) is 0.348. The molecule has 0 radical (unpaired) electrons. The van der Waals surface area contributed by atoms with Gasteiger partial charge in [-0.05, 0) is 37.5 Å². The summed E-state index contributed by atoms with van der Waals surface area (Å²) in [7, 11) is 0. The van der Waals surface area contributed by atoms with E-state index in [9.17, 15) is 23.2 Å². The van der Waals surface area contributed by atoms with Gasteiger partial charge in [-0.1, -0.05) is 43.7 Å². The summed E-state index contributed by atoms with van der Waals surface area (Å²) in [5.41, 5.74) is 0.570. The topological polar surface area (TPSA) is 78.5 Å². The lowest BCUT2D eigenvalue weighted by atomic mass is 9.91. The summed E-state index contributed by atoms with van der Waals surface area (Å²) in [6.45, 7) is 4.68. The Kier molecular flexibility index (Phi) is 6.38. The molecule has 2 unspecified atom stereocenters. The van der Waals surface area contributed by atoms with Crippen molar-refractivity contribution in [1.82, 2.24) is 15.5 Å². The Hall–Kier alpha value is -3.29. The highest BCUT2D eigenvalue weighted by molar-refractivity contribution is 6.09. The quantitative estimate of drug-likeness (QED) is 0.661. The van der Waals surface area contributed by atoms with Crippen LogP contribution in [0.4, 0.5) is 13.6 Å². The maximum Gasteiger partial charge on any atom is 0.325 e. The molecule has 0 spiro atoms. The third-order valence-electron chi connectivity index (χ3n) is 5.45. The van der Waals surface area contributed by atoms with Gasteiger partial charge in [-0.15, -0.1) is 0 Å². The number of carbonyl (C=O) groups is 3. The molecule has 2 aromatic rings. The minimum absolute atomic E-state index is 0.101. The first kappa shape index (κ1) is 22.4. The zero-order chi connectivity index (χ0) is 22.8. The predicted molar refractivity (Wildman–Crippen MR) is 111 cm³/mol. The Morgan fingerprint density at radius 3 is 2.45 bits per heavy atom. The third-order valence-corrected chi connectivity index (χ3v) is 5.45. The van der Waals surface area contributed by atoms with Crippen molar-refractivity contribution in [3.8, 4) is 0 Å². The van der Waals surface area contributed by atoms with Gasteiger partial charge in [-0.3, -0.25) is 14.5 Å². The SMILES string of the molecule is CCCc1ccc(C2(C)NC(=O)N(CC(=O)NC(C)c3ccc(F)cc3F)C2=O)cc1. The van der Waals surface area contributed by atoms with Crippen LogP contribution < -0.4 is 10.6 Å². The molecule has 0 aliphatic carbocycles. The van der Waals surface area contributed by atoms with Gasteiger partial charge < -0.3 is 10.6 Å². The van der Waals surface area contributed by atoms with E-state index in [1.165, 1.54) is 13.0 Å². The number of hydrogen-bond donors (Lipinski definition) is 2. The van der Waals surface area contributed by atoms with Crippen LogP contribution in [-0.2, 0) is 21.5 Å². The van der Waals surface area contributed by atoms with Crippen molar-refractivity contribution in [2.24, 2.45) is 0 Å². The summed E-state index contributed by atoms with van der Waals surface area (Å²) >= 11 is 0. The standard InChI is InChI=1S/C23H25F2N3O3/c1-4-5-15-6-8-16(9-7-15)23(3)21(30)28(22(31)27-23)13-20(29)26-14(2)18-11-10-17(24)12-19(18)25/h6-12,14H,4-5,13H2,1-3H3,(H,26,29)(H,27,31). The van der Waals surface area contributed by atoms with Gasteiger partial charge in [0.25, 0.3) is 5.91 Å². The number of urea groups is 1. The smallest absolute Gasteiger partial charge is 0.325 e. The number of imide groups is 1. The van der Waals surface area contributed by atoms with Crippen molar-refractivity contribution in [2.75, 3.05) is 6.54 Å². The minimum Gasteiger partial charge on any atom is -0.348 e. The highest BCUT2D eigenvalue weighted by Crippen LogP contribution is 2.29. The Bertz CT molecular complexity index is 1010. The van der Waals surface area contributed by atoms with Crippen LogP contribution in [0.15, 0.2) is 42.5 Å². The molecular formula is C23H25F2N3O3. The molecule has 2 aromatic carbocycles. The zero-order valence-electron chi connectivity index (χ0n) is 17.7. The number of rotatable bonds is 7. The van der Waals surface area contributed by atoms with Gasteiger partial charge in [-0.2, -0.15) is 0 Å². The van der Waals surface area contributed by atoms with E-state index in [4.69, 9.17) is 0 Å².